The standard InChI is InChI=1S/C24H18BrN/c25-21-12-7-13-23-24(21)20-16-18(17-8-3-1-4-9-17)14-15-22(20)26(23)19-10-5-2-6-11-19/h1-5,7-8,10,12-14,16-17,22H,9,15H2. The van der Waals surface area contributed by atoms with Crippen molar-refractivity contribution in [2.24, 2.45) is 5.92 Å². The van der Waals surface area contributed by atoms with E-state index in [1.54, 1.807) is 0 Å². The van der Waals surface area contributed by atoms with E-state index in [0.29, 0.717) is 12.0 Å². The summed E-state index contributed by atoms with van der Waals surface area (Å²) in [4.78, 5) is 2.41. The fourth-order valence-electron chi connectivity index (χ4n) is 4.23. The first-order valence-corrected chi connectivity index (χ1v) is 9.84. The first-order valence-electron chi connectivity index (χ1n) is 9.04. The van der Waals surface area contributed by atoms with Crippen LogP contribution in [-0.2, 0) is 0 Å². The highest BCUT2D eigenvalue weighted by Crippen LogP contribution is 2.50. The van der Waals surface area contributed by atoms with Gasteiger partial charge in [0.2, 0.25) is 0 Å². The fraction of sp³-hybridized carbons (Fsp3) is 0.167. The molecule has 2 aromatic carbocycles. The van der Waals surface area contributed by atoms with Crippen molar-refractivity contribution in [3.63, 3.8) is 0 Å². The number of nitrogens with zero attached hydrogens (tertiary/aromatic N) is 1. The Morgan fingerprint density at radius 1 is 1.08 bits per heavy atom. The Morgan fingerprint density at radius 3 is 2.85 bits per heavy atom. The van der Waals surface area contributed by atoms with Gasteiger partial charge >= 0.3 is 0 Å². The first kappa shape index (κ1) is 15.7. The van der Waals surface area contributed by atoms with Gasteiger partial charge in [0.1, 0.15) is 0 Å². The molecule has 2 unspecified atom stereocenters. The van der Waals surface area contributed by atoms with Gasteiger partial charge in [-0.3, -0.25) is 0 Å². The van der Waals surface area contributed by atoms with Crippen LogP contribution < -0.4 is 4.90 Å². The van der Waals surface area contributed by atoms with Crippen molar-refractivity contribution in [2.75, 3.05) is 4.90 Å². The number of benzene rings is 1. The van der Waals surface area contributed by atoms with Crippen molar-refractivity contribution in [3.8, 4) is 0 Å². The summed E-state index contributed by atoms with van der Waals surface area (Å²) in [5.74, 6) is 0.491. The Kier molecular flexibility index (Phi) is 3.84. The third-order valence-electron chi connectivity index (χ3n) is 5.41. The predicted octanol–water partition coefficient (Wildman–Crippen LogP) is 6.42. The van der Waals surface area contributed by atoms with Gasteiger partial charge in [-0.05, 0) is 54.3 Å². The van der Waals surface area contributed by atoms with Gasteiger partial charge in [0, 0.05) is 16.0 Å². The second-order valence-corrected chi connectivity index (χ2v) is 7.75. The summed E-state index contributed by atoms with van der Waals surface area (Å²) in [7, 11) is 0. The van der Waals surface area contributed by atoms with Crippen LogP contribution in [0.5, 0.6) is 0 Å². The zero-order valence-electron chi connectivity index (χ0n) is 14.3. The second kappa shape index (κ2) is 6.34. The van der Waals surface area contributed by atoms with Crippen molar-refractivity contribution in [1.82, 2.24) is 0 Å². The molecule has 1 aliphatic heterocycles. The first-order chi connectivity index (χ1) is 12.8. The van der Waals surface area contributed by atoms with Gasteiger partial charge in [0.05, 0.1) is 17.4 Å². The molecule has 126 valence electrons. The molecule has 0 N–H and O–H groups in total. The predicted molar refractivity (Wildman–Crippen MR) is 111 cm³/mol. The number of hydrogen-bond donors (Lipinski definition) is 0. The van der Waals surface area contributed by atoms with Gasteiger partial charge in [0.15, 0.2) is 0 Å². The van der Waals surface area contributed by atoms with Crippen LogP contribution in [0.3, 0.4) is 0 Å². The van der Waals surface area contributed by atoms with E-state index in [-0.39, 0.29) is 0 Å². The zero-order chi connectivity index (χ0) is 17.5. The largest absolute Gasteiger partial charge is 0.326 e. The lowest BCUT2D eigenvalue weighted by molar-refractivity contribution is 0.751. The molecule has 1 heterocycles. The zero-order valence-corrected chi connectivity index (χ0v) is 15.9. The van der Waals surface area contributed by atoms with Crippen LogP contribution in [-0.4, -0.2) is 6.04 Å². The van der Waals surface area contributed by atoms with Crippen LogP contribution in [0, 0.1) is 18.1 Å². The summed E-state index contributed by atoms with van der Waals surface area (Å²) < 4.78 is 1.16. The average molecular weight is 400 g/mol. The van der Waals surface area contributed by atoms with Crippen molar-refractivity contribution < 1.29 is 0 Å². The summed E-state index contributed by atoms with van der Waals surface area (Å²) in [5.41, 5.74) is 6.49. The molecule has 0 bridgehead atoms. The summed E-state index contributed by atoms with van der Waals surface area (Å²) in [6, 6.07) is 19.3. The van der Waals surface area contributed by atoms with Crippen LogP contribution >= 0.6 is 15.9 Å². The van der Waals surface area contributed by atoms with Crippen molar-refractivity contribution in [1.29, 1.82) is 0 Å². The lowest BCUT2D eigenvalue weighted by Crippen LogP contribution is -2.27. The summed E-state index contributed by atoms with van der Waals surface area (Å²) in [6.07, 6.45) is 15.8. The van der Waals surface area contributed by atoms with E-state index in [1.807, 2.05) is 12.1 Å². The second-order valence-electron chi connectivity index (χ2n) is 6.89. The van der Waals surface area contributed by atoms with E-state index < -0.39 is 0 Å². The molecule has 2 heteroatoms. The Hall–Kier alpha value is -2.50. The minimum absolute atomic E-state index is 0.322. The maximum atomic E-state index is 3.80. The molecule has 0 radical (unpaired) electrons. The van der Waals surface area contributed by atoms with Gasteiger partial charge in [-0.25, -0.2) is 0 Å². The Morgan fingerprint density at radius 2 is 2.04 bits per heavy atom. The highest BCUT2D eigenvalue weighted by molar-refractivity contribution is 9.10. The van der Waals surface area contributed by atoms with E-state index in [2.05, 4.69) is 93.7 Å². The van der Waals surface area contributed by atoms with E-state index in [9.17, 15) is 0 Å². The third-order valence-corrected chi connectivity index (χ3v) is 6.07. The third kappa shape index (κ3) is 2.47. The number of anilines is 2. The van der Waals surface area contributed by atoms with E-state index >= 15 is 0 Å². The average Bonchev–Trinajstić information content (AvgIpc) is 3.04. The molecule has 5 rings (SSSR count). The minimum atomic E-state index is 0.322. The van der Waals surface area contributed by atoms with Crippen LogP contribution in [0.25, 0.3) is 5.57 Å². The van der Waals surface area contributed by atoms with Gasteiger partial charge in [-0.1, -0.05) is 70.6 Å². The highest BCUT2D eigenvalue weighted by atomic mass is 79.9. The van der Waals surface area contributed by atoms with Crippen LogP contribution in [0.15, 0.2) is 82.9 Å². The maximum absolute atomic E-state index is 3.80. The van der Waals surface area contributed by atoms with Crippen molar-refractivity contribution >= 4 is 32.9 Å². The molecule has 0 saturated heterocycles. The van der Waals surface area contributed by atoms with E-state index in [4.69, 9.17) is 0 Å². The molecule has 0 aromatic heterocycles. The number of allylic oxidation sites excluding steroid dienone is 6. The number of halogens is 1. The SMILES string of the molecule is Brc1cccc2c1C1=CC(C3C=CC=CC3)=CCC1N2c1c#cccc1. The van der Waals surface area contributed by atoms with Crippen LogP contribution in [0.4, 0.5) is 11.4 Å². The Labute approximate surface area is 163 Å². The molecular weight excluding hydrogens is 382 g/mol. The molecule has 2 atom stereocenters. The van der Waals surface area contributed by atoms with Crippen LogP contribution in [0.1, 0.15) is 18.4 Å². The van der Waals surface area contributed by atoms with Gasteiger partial charge < -0.3 is 4.90 Å². The molecule has 1 nitrogen and oxygen atoms in total. The highest BCUT2D eigenvalue weighted by Gasteiger charge is 2.37. The quantitative estimate of drug-likeness (QED) is 0.563. The molecule has 2 aliphatic carbocycles. The molecule has 0 fully saturated rings. The molecular formula is C24H18BrN. The molecule has 0 spiro atoms. The van der Waals surface area contributed by atoms with Gasteiger partial charge in [-0.15, -0.1) is 0 Å². The lowest BCUT2D eigenvalue weighted by Gasteiger charge is -2.29. The van der Waals surface area contributed by atoms with Gasteiger partial charge in [0.25, 0.3) is 0 Å². The molecule has 3 aliphatic rings. The Bertz CT molecular complexity index is 965. The Balaban J connectivity index is 1.62. The monoisotopic (exact) mass is 399 g/mol. The topological polar surface area (TPSA) is 3.24 Å². The fourth-order valence-corrected chi connectivity index (χ4v) is 4.81. The van der Waals surface area contributed by atoms with E-state index in [1.165, 1.54) is 22.4 Å². The minimum Gasteiger partial charge on any atom is -0.326 e. The normalized spacial score (nSPS) is 23.0. The van der Waals surface area contributed by atoms with Crippen molar-refractivity contribution in [2.45, 2.75) is 18.9 Å². The van der Waals surface area contributed by atoms with E-state index in [0.717, 1.165) is 23.0 Å². The number of fused-ring (bicyclic) bond motifs is 3. The van der Waals surface area contributed by atoms with Crippen LogP contribution in [0.2, 0.25) is 0 Å². The van der Waals surface area contributed by atoms with Gasteiger partial charge in [-0.2, -0.15) is 0 Å². The summed E-state index contributed by atoms with van der Waals surface area (Å²) >= 11 is 3.80. The summed E-state index contributed by atoms with van der Waals surface area (Å²) in [6.45, 7) is 0. The smallest absolute Gasteiger partial charge is 0.0933 e. The maximum Gasteiger partial charge on any atom is 0.0933 e. The molecule has 2 aromatic rings. The molecule has 0 amide bonds. The number of hydrogen-bond acceptors (Lipinski definition) is 1. The number of rotatable bonds is 2. The van der Waals surface area contributed by atoms with Crippen molar-refractivity contribution in [3.05, 3.63) is 101 Å². The molecule has 26 heavy (non-hydrogen) atoms. The lowest BCUT2D eigenvalue weighted by atomic mass is 9.84. The molecule has 0 saturated carbocycles. The summed E-state index contributed by atoms with van der Waals surface area (Å²) in [5, 5.41) is 0.